The minimum absolute atomic E-state index is 0.0908. The predicted molar refractivity (Wildman–Crippen MR) is 83.0 cm³/mol. The fourth-order valence-corrected chi connectivity index (χ4v) is 2.49. The first-order chi connectivity index (χ1) is 10.1. The number of nitrogens with zero attached hydrogens (tertiary/aromatic N) is 2. The summed E-state index contributed by atoms with van der Waals surface area (Å²) in [6.45, 7) is 4.80. The van der Waals surface area contributed by atoms with E-state index in [0.717, 1.165) is 35.0 Å². The van der Waals surface area contributed by atoms with Crippen LogP contribution in [-0.4, -0.2) is 31.0 Å². The maximum Gasteiger partial charge on any atom is 0.123 e. The van der Waals surface area contributed by atoms with Gasteiger partial charge in [0.05, 0.1) is 32.5 Å². The summed E-state index contributed by atoms with van der Waals surface area (Å²) in [5, 5.41) is 7.86. The van der Waals surface area contributed by atoms with E-state index in [4.69, 9.17) is 9.47 Å². The Morgan fingerprint density at radius 3 is 2.48 bits per heavy atom. The van der Waals surface area contributed by atoms with Crippen LogP contribution in [0, 0.1) is 13.8 Å². The van der Waals surface area contributed by atoms with E-state index < -0.39 is 0 Å². The molecule has 0 aliphatic heterocycles. The Morgan fingerprint density at radius 1 is 1.19 bits per heavy atom. The molecule has 1 unspecified atom stereocenters. The van der Waals surface area contributed by atoms with E-state index in [1.165, 1.54) is 0 Å². The van der Waals surface area contributed by atoms with Gasteiger partial charge in [-0.1, -0.05) is 0 Å². The normalized spacial score (nSPS) is 12.2. The van der Waals surface area contributed by atoms with E-state index >= 15 is 0 Å². The van der Waals surface area contributed by atoms with Gasteiger partial charge in [0.1, 0.15) is 11.5 Å². The van der Waals surface area contributed by atoms with Gasteiger partial charge in [-0.2, -0.15) is 5.10 Å². The SMILES string of the molecule is CNC(Cn1nc(C)cc1C)c1cc(OC)ccc1OC. The van der Waals surface area contributed by atoms with Crippen molar-refractivity contribution in [2.24, 2.45) is 0 Å². The maximum atomic E-state index is 5.48. The molecule has 2 rings (SSSR count). The Labute approximate surface area is 125 Å². The molecular formula is C16H23N3O2. The second-order valence-corrected chi connectivity index (χ2v) is 5.06. The molecule has 1 heterocycles. The van der Waals surface area contributed by atoms with Crippen LogP contribution in [0.5, 0.6) is 11.5 Å². The van der Waals surface area contributed by atoms with Gasteiger partial charge in [0.15, 0.2) is 0 Å². The molecule has 0 amide bonds. The number of nitrogens with one attached hydrogen (secondary N) is 1. The highest BCUT2D eigenvalue weighted by Gasteiger charge is 2.17. The average Bonchev–Trinajstić information content (AvgIpc) is 2.81. The maximum absolute atomic E-state index is 5.48. The van der Waals surface area contributed by atoms with Crippen LogP contribution in [-0.2, 0) is 6.54 Å². The molecule has 1 aromatic heterocycles. The summed E-state index contributed by atoms with van der Waals surface area (Å²) in [6.07, 6.45) is 0. The van der Waals surface area contributed by atoms with Crippen LogP contribution in [0.2, 0.25) is 0 Å². The number of hydrogen-bond donors (Lipinski definition) is 1. The van der Waals surface area contributed by atoms with Crippen LogP contribution >= 0.6 is 0 Å². The van der Waals surface area contributed by atoms with Crippen molar-refractivity contribution in [2.45, 2.75) is 26.4 Å². The monoisotopic (exact) mass is 289 g/mol. The largest absolute Gasteiger partial charge is 0.497 e. The summed E-state index contributed by atoms with van der Waals surface area (Å²) in [5.74, 6) is 1.66. The summed E-state index contributed by atoms with van der Waals surface area (Å²) < 4.78 is 12.8. The Bertz CT molecular complexity index is 608. The molecule has 0 aliphatic carbocycles. The number of ether oxygens (including phenoxy) is 2. The summed E-state index contributed by atoms with van der Waals surface area (Å²) in [7, 11) is 5.29. The van der Waals surface area contributed by atoms with Gasteiger partial charge in [-0.3, -0.25) is 4.68 Å². The number of benzene rings is 1. The minimum Gasteiger partial charge on any atom is -0.497 e. The van der Waals surface area contributed by atoms with Gasteiger partial charge in [0, 0.05) is 11.3 Å². The predicted octanol–water partition coefficient (Wildman–Crippen LogP) is 2.48. The molecular weight excluding hydrogens is 266 g/mol. The smallest absolute Gasteiger partial charge is 0.123 e. The first-order valence-electron chi connectivity index (χ1n) is 6.99. The lowest BCUT2D eigenvalue weighted by molar-refractivity contribution is 0.381. The zero-order valence-corrected chi connectivity index (χ0v) is 13.3. The minimum atomic E-state index is 0.0908. The number of likely N-dealkylation sites (N-methyl/N-ethyl adjacent to an activating group) is 1. The zero-order chi connectivity index (χ0) is 15.4. The van der Waals surface area contributed by atoms with Gasteiger partial charge in [-0.15, -0.1) is 0 Å². The summed E-state index contributed by atoms with van der Waals surface area (Å²) >= 11 is 0. The van der Waals surface area contributed by atoms with Gasteiger partial charge in [-0.05, 0) is 45.2 Å². The molecule has 0 bridgehead atoms. The lowest BCUT2D eigenvalue weighted by atomic mass is 10.1. The average molecular weight is 289 g/mol. The van der Waals surface area contributed by atoms with Crippen LogP contribution in [0.1, 0.15) is 23.0 Å². The van der Waals surface area contributed by atoms with Crippen molar-refractivity contribution in [1.29, 1.82) is 0 Å². The van der Waals surface area contributed by atoms with Gasteiger partial charge in [0.2, 0.25) is 0 Å². The van der Waals surface area contributed by atoms with Crippen LogP contribution in [0.3, 0.4) is 0 Å². The molecule has 0 radical (unpaired) electrons. The first kappa shape index (κ1) is 15.4. The van der Waals surface area contributed by atoms with Crippen molar-refractivity contribution in [3.05, 3.63) is 41.2 Å². The van der Waals surface area contributed by atoms with E-state index in [0.29, 0.717) is 0 Å². The van der Waals surface area contributed by atoms with Crippen molar-refractivity contribution < 1.29 is 9.47 Å². The van der Waals surface area contributed by atoms with Gasteiger partial charge < -0.3 is 14.8 Å². The number of rotatable bonds is 6. The van der Waals surface area contributed by atoms with Gasteiger partial charge >= 0.3 is 0 Å². The quantitative estimate of drug-likeness (QED) is 0.887. The molecule has 0 saturated heterocycles. The fraction of sp³-hybridized carbons (Fsp3) is 0.438. The van der Waals surface area contributed by atoms with Crippen LogP contribution in [0.25, 0.3) is 0 Å². The Balaban J connectivity index is 2.34. The first-order valence-corrected chi connectivity index (χ1v) is 6.99. The van der Waals surface area contributed by atoms with Crippen LogP contribution < -0.4 is 14.8 Å². The standard InChI is InChI=1S/C16H23N3O2/c1-11-8-12(2)19(18-11)10-15(17-3)14-9-13(20-4)6-7-16(14)21-5/h6-9,15,17H,10H2,1-5H3. The van der Waals surface area contributed by atoms with E-state index in [9.17, 15) is 0 Å². The van der Waals surface area contributed by atoms with Crippen molar-refractivity contribution in [2.75, 3.05) is 21.3 Å². The summed E-state index contributed by atoms with van der Waals surface area (Å²) in [4.78, 5) is 0. The summed E-state index contributed by atoms with van der Waals surface area (Å²) in [5.41, 5.74) is 3.24. The lowest BCUT2D eigenvalue weighted by Gasteiger charge is -2.21. The molecule has 21 heavy (non-hydrogen) atoms. The molecule has 0 saturated carbocycles. The highest BCUT2D eigenvalue weighted by Crippen LogP contribution is 2.30. The van der Waals surface area contributed by atoms with E-state index in [1.54, 1.807) is 14.2 Å². The molecule has 0 spiro atoms. The van der Waals surface area contributed by atoms with E-state index in [2.05, 4.69) is 23.4 Å². The number of methoxy groups -OCH3 is 2. The fourth-order valence-electron chi connectivity index (χ4n) is 2.49. The van der Waals surface area contributed by atoms with Crippen LogP contribution in [0.15, 0.2) is 24.3 Å². The Hall–Kier alpha value is -2.01. The van der Waals surface area contributed by atoms with E-state index in [1.807, 2.05) is 36.9 Å². The second kappa shape index (κ2) is 6.63. The third-order valence-electron chi connectivity index (χ3n) is 3.62. The molecule has 1 atom stereocenters. The molecule has 5 nitrogen and oxygen atoms in total. The number of aromatic nitrogens is 2. The van der Waals surface area contributed by atoms with Crippen molar-refractivity contribution in [3.8, 4) is 11.5 Å². The van der Waals surface area contributed by atoms with Crippen molar-refractivity contribution in [1.82, 2.24) is 15.1 Å². The van der Waals surface area contributed by atoms with Crippen molar-refractivity contribution in [3.63, 3.8) is 0 Å². The molecule has 2 aromatic rings. The van der Waals surface area contributed by atoms with Gasteiger partial charge in [-0.25, -0.2) is 0 Å². The Morgan fingerprint density at radius 2 is 1.95 bits per heavy atom. The molecule has 1 N–H and O–H groups in total. The molecule has 114 valence electrons. The second-order valence-electron chi connectivity index (χ2n) is 5.06. The number of aryl methyl sites for hydroxylation is 2. The van der Waals surface area contributed by atoms with Crippen LogP contribution in [0.4, 0.5) is 0 Å². The molecule has 1 aromatic carbocycles. The lowest BCUT2D eigenvalue weighted by Crippen LogP contribution is -2.23. The molecule has 0 fully saturated rings. The summed E-state index contributed by atoms with van der Waals surface area (Å²) in [6, 6.07) is 8.01. The third kappa shape index (κ3) is 3.36. The highest BCUT2D eigenvalue weighted by molar-refractivity contribution is 5.42. The Kier molecular flexibility index (Phi) is 4.85. The highest BCUT2D eigenvalue weighted by atomic mass is 16.5. The zero-order valence-electron chi connectivity index (χ0n) is 13.3. The third-order valence-corrected chi connectivity index (χ3v) is 3.62. The van der Waals surface area contributed by atoms with Crippen molar-refractivity contribution >= 4 is 0 Å². The number of hydrogen-bond acceptors (Lipinski definition) is 4. The molecule has 5 heteroatoms. The van der Waals surface area contributed by atoms with Gasteiger partial charge in [0.25, 0.3) is 0 Å². The van der Waals surface area contributed by atoms with E-state index in [-0.39, 0.29) is 6.04 Å². The molecule has 0 aliphatic rings. The topological polar surface area (TPSA) is 48.3 Å².